The minimum atomic E-state index is 0.143. The maximum absolute atomic E-state index is 5.86. The maximum atomic E-state index is 5.86. The summed E-state index contributed by atoms with van der Waals surface area (Å²) in [6, 6.07) is 7.28. The number of hydrogen-bond acceptors (Lipinski definition) is 5. The fraction of sp³-hybridized carbons (Fsp3) is 0.0909. The minimum Gasteiger partial charge on any atom is -0.383 e. The fourth-order valence-electron chi connectivity index (χ4n) is 1.58. The van der Waals surface area contributed by atoms with Crippen molar-refractivity contribution in [3.63, 3.8) is 0 Å². The highest BCUT2D eigenvalue weighted by Gasteiger charge is 2.12. The van der Waals surface area contributed by atoms with E-state index in [1.807, 2.05) is 12.1 Å². The number of aromatic nitrogens is 2. The molecular formula is C11H12ClN5. The molecule has 1 heterocycles. The molecule has 88 valence electrons. The molecule has 0 aliphatic rings. The first-order chi connectivity index (χ1) is 8.11. The monoisotopic (exact) mass is 249 g/mol. The van der Waals surface area contributed by atoms with Crippen molar-refractivity contribution < 1.29 is 0 Å². The van der Waals surface area contributed by atoms with Crippen molar-refractivity contribution in [1.29, 1.82) is 0 Å². The number of nitrogens with one attached hydrogen (secondary N) is 1. The molecule has 0 radical (unpaired) electrons. The van der Waals surface area contributed by atoms with Crippen molar-refractivity contribution in [2.45, 2.75) is 0 Å². The number of anilines is 3. The summed E-state index contributed by atoms with van der Waals surface area (Å²) in [5.74, 6) is 1.08. The Morgan fingerprint density at radius 2 is 1.76 bits per heavy atom. The molecule has 0 fully saturated rings. The third-order valence-corrected chi connectivity index (χ3v) is 2.58. The van der Waals surface area contributed by atoms with Crippen molar-refractivity contribution in [2.75, 3.05) is 23.8 Å². The Balaban J connectivity index is 2.61. The van der Waals surface area contributed by atoms with E-state index in [0.29, 0.717) is 16.7 Å². The maximum Gasteiger partial charge on any atom is 0.223 e. The highest BCUT2D eigenvalue weighted by atomic mass is 35.5. The highest BCUT2D eigenvalue weighted by Crippen LogP contribution is 2.32. The van der Waals surface area contributed by atoms with Gasteiger partial charge in [-0.15, -0.1) is 0 Å². The Morgan fingerprint density at radius 3 is 2.35 bits per heavy atom. The van der Waals surface area contributed by atoms with Gasteiger partial charge in [-0.1, -0.05) is 23.7 Å². The van der Waals surface area contributed by atoms with Crippen LogP contribution in [0.15, 0.2) is 24.3 Å². The molecule has 5 nitrogen and oxygen atoms in total. The van der Waals surface area contributed by atoms with Crippen LogP contribution in [0.1, 0.15) is 0 Å². The van der Waals surface area contributed by atoms with Crippen LogP contribution < -0.4 is 16.8 Å². The zero-order chi connectivity index (χ0) is 12.4. The highest BCUT2D eigenvalue weighted by molar-refractivity contribution is 6.30. The number of rotatable bonds is 2. The van der Waals surface area contributed by atoms with Gasteiger partial charge in [0, 0.05) is 12.1 Å². The summed E-state index contributed by atoms with van der Waals surface area (Å²) in [7, 11) is 1.75. The van der Waals surface area contributed by atoms with Gasteiger partial charge in [0.25, 0.3) is 0 Å². The van der Waals surface area contributed by atoms with Gasteiger partial charge in [-0.2, -0.15) is 9.97 Å². The lowest BCUT2D eigenvalue weighted by atomic mass is 10.1. The Kier molecular flexibility index (Phi) is 3.01. The van der Waals surface area contributed by atoms with E-state index in [9.17, 15) is 0 Å². The van der Waals surface area contributed by atoms with Gasteiger partial charge in [-0.05, 0) is 17.7 Å². The molecule has 1 aromatic carbocycles. The Bertz CT molecular complexity index is 538. The first-order valence-electron chi connectivity index (χ1n) is 4.98. The van der Waals surface area contributed by atoms with Gasteiger partial charge in [-0.25, -0.2) is 0 Å². The fourth-order valence-corrected chi connectivity index (χ4v) is 1.70. The van der Waals surface area contributed by atoms with E-state index in [1.54, 1.807) is 19.2 Å². The quantitative estimate of drug-likeness (QED) is 0.757. The topological polar surface area (TPSA) is 89.8 Å². The van der Waals surface area contributed by atoms with Crippen molar-refractivity contribution in [3.05, 3.63) is 29.3 Å². The number of nitrogens with zero attached hydrogens (tertiary/aromatic N) is 2. The molecule has 0 atom stereocenters. The van der Waals surface area contributed by atoms with Gasteiger partial charge in [0.1, 0.15) is 11.6 Å². The predicted molar refractivity (Wildman–Crippen MR) is 70.8 cm³/mol. The molecular weight excluding hydrogens is 238 g/mol. The predicted octanol–water partition coefficient (Wildman–Crippen LogP) is 2.00. The van der Waals surface area contributed by atoms with Crippen molar-refractivity contribution in [3.8, 4) is 11.1 Å². The zero-order valence-electron chi connectivity index (χ0n) is 9.24. The molecule has 0 aliphatic heterocycles. The van der Waals surface area contributed by atoms with Crippen LogP contribution >= 0.6 is 11.6 Å². The molecule has 1 aromatic heterocycles. The van der Waals surface area contributed by atoms with Gasteiger partial charge in [0.05, 0.1) is 5.56 Å². The van der Waals surface area contributed by atoms with Crippen LogP contribution in [-0.2, 0) is 0 Å². The lowest BCUT2D eigenvalue weighted by Crippen LogP contribution is -2.06. The molecule has 0 spiro atoms. The van der Waals surface area contributed by atoms with Gasteiger partial charge in [0.2, 0.25) is 5.95 Å². The number of nitrogen functional groups attached to an aromatic ring is 2. The number of hydrogen-bond donors (Lipinski definition) is 3. The Morgan fingerprint density at radius 1 is 1.12 bits per heavy atom. The number of benzene rings is 1. The van der Waals surface area contributed by atoms with Crippen molar-refractivity contribution in [2.24, 2.45) is 0 Å². The molecule has 0 saturated heterocycles. The van der Waals surface area contributed by atoms with E-state index >= 15 is 0 Å². The standard InChI is InChI=1S/C11H12ClN5/c1-15-10-8(9(13)16-11(14)17-10)6-2-4-7(12)5-3-6/h2-5H,1H3,(H5,13,14,15,16,17). The third kappa shape index (κ3) is 2.24. The van der Waals surface area contributed by atoms with Crippen molar-refractivity contribution in [1.82, 2.24) is 9.97 Å². The van der Waals surface area contributed by atoms with Crippen LogP contribution in [0.2, 0.25) is 5.02 Å². The van der Waals surface area contributed by atoms with Crippen LogP contribution in [0.5, 0.6) is 0 Å². The number of halogens is 1. The summed E-state index contributed by atoms with van der Waals surface area (Å²) in [5.41, 5.74) is 13.0. The second-order valence-corrected chi connectivity index (χ2v) is 3.88. The summed E-state index contributed by atoms with van der Waals surface area (Å²) in [5, 5.41) is 3.61. The van der Waals surface area contributed by atoms with E-state index in [-0.39, 0.29) is 5.95 Å². The smallest absolute Gasteiger partial charge is 0.223 e. The first kappa shape index (κ1) is 11.5. The largest absolute Gasteiger partial charge is 0.383 e. The van der Waals surface area contributed by atoms with Crippen LogP contribution in [0.4, 0.5) is 17.6 Å². The average molecular weight is 250 g/mol. The summed E-state index contributed by atoms with van der Waals surface area (Å²) >= 11 is 5.84. The molecule has 0 saturated carbocycles. The van der Waals surface area contributed by atoms with Gasteiger partial charge in [-0.3, -0.25) is 0 Å². The van der Waals surface area contributed by atoms with E-state index in [4.69, 9.17) is 23.1 Å². The van der Waals surface area contributed by atoms with Gasteiger partial charge in [0.15, 0.2) is 0 Å². The minimum absolute atomic E-state index is 0.143. The lowest BCUT2D eigenvalue weighted by molar-refractivity contribution is 1.19. The average Bonchev–Trinajstić information content (AvgIpc) is 2.30. The van der Waals surface area contributed by atoms with E-state index < -0.39 is 0 Å². The Labute approximate surface area is 104 Å². The molecule has 0 amide bonds. The SMILES string of the molecule is CNc1nc(N)nc(N)c1-c1ccc(Cl)cc1. The van der Waals surface area contributed by atoms with Crippen LogP contribution in [0.3, 0.4) is 0 Å². The molecule has 0 bridgehead atoms. The van der Waals surface area contributed by atoms with E-state index in [1.165, 1.54) is 0 Å². The molecule has 0 unspecified atom stereocenters. The summed E-state index contributed by atoms with van der Waals surface area (Å²) in [6.45, 7) is 0. The van der Waals surface area contributed by atoms with Crippen molar-refractivity contribution >= 4 is 29.2 Å². The van der Waals surface area contributed by atoms with Gasteiger partial charge >= 0.3 is 0 Å². The van der Waals surface area contributed by atoms with Crippen LogP contribution in [0, 0.1) is 0 Å². The molecule has 2 aromatic rings. The lowest BCUT2D eigenvalue weighted by Gasteiger charge is -2.11. The zero-order valence-corrected chi connectivity index (χ0v) is 9.99. The second kappa shape index (κ2) is 4.47. The molecule has 0 aliphatic carbocycles. The van der Waals surface area contributed by atoms with Crippen LogP contribution in [-0.4, -0.2) is 17.0 Å². The Hall–Kier alpha value is -2.01. The summed E-state index contributed by atoms with van der Waals surface area (Å²) in [4.78, 5) is 8.05. The second-order valence-electron chi connectivity index (χ2n) is 3.45. The molecule has 2 rings (SSSR count). The normalized spacial score (nSPS) is 10.2. The number of nitrogens with two attached hydrogens (primary N) is 2. The summed E-state index contributed by atoms with van der Waals surface area (Å²) in [6.07, 6.45) is 0. The first-order valence-corrected chi connectivity index (χ1v) is 5.36. The van der Waals surface area contributed by atoms with E-state index in [2.05, 4.69) is 15.3 Å². The third-order valence-electron chi connectivity index (χ3n) is 2.32. The van der Waals surface area contributed by atoms with Gasteiger partial charge < -0.3 is 16.8 Å². The van der Waals surface area contributed by atoms with Crippen LogP contribution in [0.25, 0.3) is 11.1 Å². The summed E-state index contributed by atoms with van der Waals surface area (Å²) < 4.78 is 0. The molecule has 6 heteroatoms. The molecule has 17 heavy (non-hydrogen) atoms. The molecule has 5 N–H and O–H groups in total. The van der Waals surface area contributed by atoms with E-state index in [0.717, 1.165) is 11.1 Å².